The first kappa shape index (κ1) is 10.9. The molecule has 82 valence electrons. The highest BCUT2D eigenvalue weighted by molar-refractivity contribution is 9.11. The molecule has 2 atom stereocenters. The summed E-state index contributed by atoms with van der Waals surface area (Å²) < 4.78 is 38.1. The highest BCUT2D eigenvalue weighted by Gasteiger charge is 2.58. The lowest BCUT2D eigenvalue weighted by Gasteiger charge is -2.22. The van der Waals surface area contributed by atoms with Gasteiger partial charge in [-0.25, -0.2) is 4.99 Å². The van der Waals surface area contributed by atoms with E-state index in [-0.39, 0.29) is 5.71 Å². The Kier molecular flexibility index (Phi) is 2.31. The summed E-state index contributed by atoms with van der Waals surface area (Å²) in [5, 5.41) is 9.35. The number of fused-ring (bicyclic) bond motifs is 1. The highest BCUT2D eigenvalue weighted by Crippen LogP contribution is 2.43. The van der Waals surface area contributed by atoms with Crippen LogP contribution >= 0.6 is 15.9 Å². The third-order valence-electron chi connectivity index (χ3n) is 2.43. The van der Waals surface area contributed by atoms with Gasteiger partial charge in [0.15, 0.2) is 0 Å². The van der Waals surface area contributed by atoms with Crippen LogP contribution in [0.15, 0.2) is 27.7 Å². The molecule has 0 aromatic carbocycles. The number of hydrogen-bond donors (Lipinski definition) is 1. The molecule has 2 rings (SSSR count). The van der Waals surface area contributed by atoms with Gasteiger partial charge in [0.1, 0.15) is 0 Å². The Bertz CT molecular complexity index is 385. The number of aliphatic imine (C=N–C) groups is 1. The third kappa shape index (κ3) is 1.76. The van der Waals surface area contributed by atoms with Crippen molar-refractivity contribution in [2.75, 3.05) is 0 Å². The summed E-state index contributed by atoms with van der Waals surface area (Å²) >= 11 is 3.14. The SMILES string of the molecule is OC1(C(F)(F)F)CC2C=CC(Br)=CC2=N1. The average molecular weight is 282 g/mol. The molecule has 0 fully saturated rings. The van der Waals surface area contributed by atoms with E-state index >= 15 is 0 Å². The molecule has 2 unspecified atom stereocenters. The molecule has 0 saturated heterocycles. The summed E-state index contributed by atoms with van der Waals surface area (Å²) in [4.78, 5) is 3.35. The Morgan fingerprint density at radius 2 is 2.20 bits per heavy atom. The highest BCUT2D eigenvalue weighted by atomic mass is 79.9. The average Bonchev–Trinajstić information content (AvgIpc) is 2.40. The van der Waals surface area contributed by atoms with Gasteiger partial charge in [-0.15, -0.1) is 0 Å². The van der Waals surface area contributed by atoms with Gasteiger partial charge in [-0.1, -0.05) is 28.1 Å². The molecule has 6 heteroatoms. The van der Waals surface area contributed by atoms with Crippen molar-refractivity contribution < 1.29 is 18.3 Å². The minimum Gasteiger partial charge on any atom is -0.362 e. The standard InChI is InChI=1S/C9H7BrF3NO/c10-6-2-1-5-4-8(15,9(11,12)13)14-7(5)3-6/h1-3,5,15H,4H2. The molecule has 2 aliphatic rings. The van der Waals surface area contributed by atoms with Crippen LogP contribution in [-0.2, 0) is 0 Å². The molecule has 0 spiro atoms. The van der Waals surface area contributed by atoms with Gasteiger partial charge < -0.3 is 5.11 Å². The second-order valence-electron chi connectivity index (χ2n) is 3.55. The number of nitrogens with zero attached hydrogens (tertiary/aromatic N) is 1. The summed E-state index contributed by atoms with van der Waals surface area (Å²) in [6.45, 7) is 0. The predicted octanol–water partition coefficient (Wildman–Crippen LogP) is 2.55. The zero-order valence-corrected chi connectivity index (χ0v) is 9.01. The van der Waals surface area contributed by atoms with Crippen molar-refractivity contribution in [1.29, 1.82) is 0 Å². The van der Waals surface area contributed by atoms with E-state index in [9.17, 15) is 18.3 Å². The molecular weight excluding hydrogens is 275 g/mol. The fourth-order valence-electron chi connectivity index (χ4n) is 1.64. The van der Waals surface area contributed by atoms with Gasteiger partial charge in [0, 0.05) is 22.5 Å². The maximum Gasteiger partial charge on any atom is 0.438 e. The molecule has 1 heterocycles. The van der Waals surface area contributed by atoms with Crippen LogP contribution in [0.2, 0.25) is 0 Å². The maximum atomic E-state index is 12.5. The molecule has 0 saturated carbocycles. The van der Waals surface area contributed by atoms with Crippen LogP contribution in [0.3, 0.4) is 0 Å². The van der Waals surface area contributed by atoms with Crippen molar-refractivity contribution >= 4 is 21.6 Å². The minimum absolute atomic E-state index is 0.268. The minimum atomic E-state index is -4.72. The first-order valence-electron chi connectivity index (χ1n) is 4.26. The quantitative estimate of drug-likeness (QED) is 0.727. The third-order valence-corrected chi connectivity index (χ3v) is 2.92. The van der Waals surface area contributed by atoms with E-state index < -0.39 is 24.2 Å². The summed E-state index contributed by atoms with van der Waals surface area (Å²) in [5.41, 5.74) is -2.66. The fraction of sp³-hybridized carbons (Fsp3) is 0.444. The number of allylic oxidation sites excluding steroid dienone is 4. The second kappa shape index (κ2) is 3.18. The smallest absolute Gasteiger partial charge is 0.362 e. The molecule has 15 heavy (non-hydrogen) atoms. The fourth-order valence-corrected chi connectivity index (χ4v) is 2.02. The van der Waals surface area contributed by atoms with Crippen molar-refractivity contribution in [3.8, 4) is 0 Å². The van der Waals surface area contributed by atoms with Crippen molar-refractivity contribution in [2.24, 2.45) is 10.9 Å². The maximum absolute atomic E-state index is 12.5. The van der Waals surface area contributed by atoms with Crippen LogP contribution in [-0.4, -0.2) is 22.7 Å². The lowest BCUT2D eigenvalue weighted by Crippen LogP contribution is -2.41. The molecule has 0 aromatic rings. The van der Waals surface area contributed by atoms with Crippen molar-refractivity contribution in [1.82, 2.24) is 0 Å². The topological polar surface area (TPSA) is 32.6 Å². The van der Waals surface area contributed by atoms with Crippen LogP contribution in [0.1, 0.15) is 6.42 Å². The zero-order valence-electron chi connectivity index (χ0n) is 7.42. The monoisotopic (exact) mass is 281 g/mol. The van der Waals surface area contributed by atoms with Crippen LogP contribution in [0.25, 0.3) is 0 Å². The Morgan fingerprint density at radius 1 is 1.53 bits per heavy atom. The van der Waals surface area contributed by atoms with Crippen LogP contribution < -0.4 is 0 Å². The lowest BCUT2D eigenvalue weighted by molar-refractivity contribution is -0.256. The Morgan fingerprint density at radius 3 is 2.80 bits per heavy atom. The molecule has 1 aliphatic carbocycles. The Hall–Kier alpha value is -0.620. The number of rotatable bonds is 0. The first-order valence-corrected chi connectivity index (χ1v) is 5.05. The zero-order chi connectivity index (χ0) is 11.3. The Labute approximate surface area is 92.3 Å². The first-order chi connectivity index (χ1) is 6.82. The summed E-state index contributed by atoms with van der Waals surface area (Å²) in [5.74, 6) is -0.446. The summed E-state index contributed by atoms with van der Waals surface area (Å²) in [6, 6.07) is 0. The van der Waals surface area contributed by atoms with Gasteiger partial charge in [-0.3, -0.25) is 0 Å². The van der Waals surface area contributed by atoms with Gasteiger partial charge in [-0.2, -0.15) is 13.2 Å². The summed E-state index contributed by atoms with van der Waals surface area (Å²) in [6.07, 6.45) is -0.391. The molecule has 0 amide bonds. The van der Waals surface area contributed by atoms with E-state index in [0.29, 0.717) is 4.48 Å². The van der Waals surface area contributed by atoms with Crippen molar-refractivity contribution in [2.45, 2.75) is 18.3 Å². The predicted molar refractivity (Wildman–Crippen MR) is 52.7 cm³/mol. The van der Waals surface area contributed by atoms with E-state index in [0.717, 1.165) is 0 Å². The van der Waals surface area contributed by atoms with E-state index in [1.165, 1.54) is 6.08 Å². The normalized spacial score (nSPS) is 34.9. The van der Waals surface area contributed by atoms with Crippen LogP contribution in [0.4, 0.5) is 13.2 Å². The van der Waals surface area contributed by atoms with E-state index in [1.807, 2.05) is 0 Å². The second-order valence-corrected chi connectivity index (χ2v) is 4.47. The molecule has 1 aliphatic heterocycles. The van der Waals surface area contributed by atoms with Crippen LogP contribution in [0.5, 0.6) is 0 Å². The van der Waals surface area contributed by atoms with Crippen molar-refractivity contribution in [3.05, 3.63) is 22.7 Å². The lowest BCUT2D eigenvalue weighted by atomic mass is 9.94. The number of hydrogen-bond acceptors (Lipinski definition) is 2. The molecule has 1 N–H and O–H groups in total. The van der Waals surface area contributed by atoms with Gasteiger partial charge in [0.25, 0.3) is 5.72 Å². The molecule has 0 radical (unpaired) electrons. The molecular formula is C9H7BrF3NO. The van der Waals surface area contributed by atoms with Crippen LogP contribution in [0, 0.1) is 5.92 Å². The van der Waals surface area contributed by atoms with Gasteiger partial charge in [0.05, 0.1) is 0 Å². The molecule has 2 nitrogen and oxygen atoms in total. The van der Waals surface area contributed by atoms with Gasteiger partial charge in [-0.05, 0) is 6.08 Å². The Balaban J connectivity index is 2.36. The molecule has 0 bridgehead atoms. The van der Waals surface area contributed by atoms with E-state index in [1.54, 1.807) is 12.2 Å². The van der Waals surface area contributed by atoms with Crippen molar-refractivity contribution in [3.63, 3.8) is 0 Å². The molecule has 0 aromatic heterocycles. The number of alkyl halides is 3. The van der Waals surface area contributed by atoms with E-state index in [2.05, 4.69) is 20.9 Å². The van der Waals surface area contributed by atoms with E-state index in [4.69, 9.17) is 0 Å². The van der Waals surface area contributed by atoms with Gasteiger partial charge in [0.2, 0.25) is 0 Å². The number of halogens is 4. The summed E-state index contributed by atoms with van der Waals surface area (Å²) in [7, 11) is 0. The number of aliphatic hydroxyl groups is 1. The van der Waals surface area contributed by atoms with Gasteiger partial charge >= 0.3 is 6.18 Å². The largest absolute Gasteiger partial charge is 0.438 e.